The Hall–Kier alpha value is -2.90. The Kier molecular flexibility index (Phi) is 5.50. The molecule has 0 spiro atoms. The highest BCUT2D eigenvalue weighted by Gasteiger charge is 2.26. The Morgan fingerprint density at radius 3 is 2.92 bits per heavy atom. The molecule has 3 rings (SSSR count). The summed E-state index contributed by atoms with van der Waals surface area (Å²) < 4.78 is 15.4. The standard InChI is InChI=1S/C18H22FN5O2/c19-16-6-5-13(12-15(16)17(20)25)22-18(26)24-10-2-1-4-14(24)7-11-23-9-3-8-21-23/h3,5-6,8-9,12,14H,1-2,4,7,10-11H2,(H2,20,25)(H,22,26). The second kappa shape index (κ2) is 7.99. The number of aryl methyl sites for hydroxylation is 1. The van der Waals surface area contributed by atoms with Crippen molar-refractivity contribution >= 4 is 17.6 Å². The Labute approximate surface area is 151 Å². The normalized spacial score (nSPS) is 17.1. The Morgan fingerprint density at radius 2 is 2.19 bits per heavy atom. The molecule has 26 heavy (non-hydrogen) atoms. The number of halogens is 1. The molecule has 1 aliphatic heterocycles. The average Bonchev–Trinajstić information content (AvgIpc) is 3.15. The molecular formula is C18H22FN5O2. The number of hydrogen-bond donors (Lipinski definition) is 2. The number of likely N-dealkylation sites (tertiary alicyclic amines) is 1. The van der Waals surface area contributed by atoms with Crippen molar-refractivity contribution in [2.45, 2.75) is 38.3 Å². The van der Waals surface area contributed by atoms with Gasteiger partial charge in [0.05, 0.1) is 5.56 Å². The van der Waals surface area contributed by atoms with Gasteiger partial charge < -0.3 is 16.0 Å². The first-order chi connectivity index (χ1) is 12.5. The van der Waals surface area contributed by atoms with Crippen molar-refractivity contribution in [3.63, 3.8) is 0 Å². The van der Waals surface area contributed by atoms with Crippen LogP contribution in [0.2, 0.25) is 0 Å². The molecule has 1 aromatic heterocycles. The molecule has 138 valence electrons. The van der Waals surface area contributed by atoms with Crippen molar-refractivity contribution < 1.29 is 14.0 Å². The number of primary amides is 1. The Bertz CT molecular complexity index is 778. The summed E-state index contributed by atoms with van der Waals surface area (Å²) in [4.78, 5) is 25.8. The van der Waals surface area contributed by atoms with Crippen molar-refractivity contribution in [3.05, 3.63) is 48.0 Å². The molecule has 1 aliphatic rings. The summed E-state index contributed by atoms with van der Waals surface area (Å²) in [6, 6.07) is 5.54. The lowest BCUT2D eigenvalue weighted by atomic mass is 10.00. The van der Waals surface area contributed by atoms with E-state index in [1.54, 1.807) is 11.1 Å². The van der Waals surface area contributed by atoms with Gasteiger partial charge in [-0.2, -0.15) is 5.10 Å². The SMILES string of the molecule is NC(=O)c1cc(NC(=O)N2CCCCC2CCn2cccn2)ccc1F. The van der Waals surface area contributed by atoms with E-state index in [1.165, 1.54) is 12.1 Å². The van der Waals surface area contributed by atoms with Gasteiger partial charge in [-0.25, -0.2) is 9.18 Å². The molecule has 1 aromatic carbocycles. The van der Waals surface area contributed by atoms with Crippen molar-refractivity contribution in [1.82, 2.24) is 14.7 Å². The van der Waals surface area contributed by atoms with Crippen LogP contribution in [-0.2, 0) is 6.54 Å². The number of rotatable bonds is 5. The zero-order chi connectivity index (χ0) is 18.5. The highest BCUT2D eigenvalue weighted by Crippen LogP contribution is 2.22. The molecular weight excluding hydrogens is 337 g/mol. The number of anilines is 1. The van der Waals surface area contributed by atoms with Gasteiger partial charge in [-0.1, -0.05) is 0 Å². The van der Waals surface area contributed by atoms with Crippen LogP contribution in [0.1, 0.15) is 36.0 Å². The maximum Gasteiger partial charge on any atom is 0.322 e. The van der Waals surface area contributed by atoms with E-state index in [2.05, 4.69) is 10.4 Å². The average molecular weight is 359 g/mol. The van der Waals surface area contributed by atoms with Crippen molar-refractivity contribution in [3.8, 4) is 0 Å². The molecule has 1 fully saturated rings. The van der Waals surface area contributed by atoms with Gasteiger partial charge in [-0.3, -0.25) is 9.48 Å². The van der Waals surface area contributed by atoms with E-state index < -0.39 is 11.7 Å². The second-order valence-corrected chi connectivity index (χ2v) is 6.39. The number of hydrogen-bond acceptors (Lipinski definition) is 3. The Balaban J connectivity index is 1.66. The molecule has 0 bridgehead atoms. The number of amides is 3. The van der Waals surface area contributed by atoms with E-state index in [9.17, 15) is 14.0 Å². The smallest absolute Gasteiger partial charge is 0.322 e. The van der Waals surface area contributed by atoms with Crippen LogP contribution < -0.4 is 11.1 Å². The van der Waals surface area contributed by atoms with Crippen LogP contribution in [0.25, 0.3) is 0 Å². The fourth-order valence-electron chi connectivity index (χ4n) is 3.27. The lowest BCUT2D eigenvalue weighted by Crippen LogP contribution is -2.46. The molecule has 1 saturated heterocycles. The number of carbonyl (C=O) groups is 2. The minimum atomic E-state index is -0.867. The summed E-state index contributed by atoms with van der Waals surface area (Å²) in [6.07, 6.45) is 7.40. The molecule has 0 aliphatic carbocycles. The van der Waals surface area contributed by atoms with Gasteiger partial charge in [0.25, 0.3) is 5.91 Å². The van der Waals surface area contributed by atoms with Gasteiger partial charge in [-0.05, 0) is 49.9 Å². The molecule has 8 heteroatoms. The number of nitrogens with one attached hydrogen (secondary N) is 1. The second-order valence-electron chi connectivity index (χ2n) is 6.39. The topological polar surface area (TPSA) is 93.2 Å². The third-order valence-electron chi connectivity index (χ3n) is 4.62. The van der Waals surface area contributed by atoms with E-state index in [1.807, 2.05) is 16.9 Å². The zero-order valence-electron chi connectivity index (χ0n) is 14.4. The zero-order valence-corrected chi connectivity index (χ0v) is 14.4. The molecule has 2 heterocycles. The number of benzene rings is 1. The van der Waals surface area contributed by atoms with Crippen LogP contribution in [0.5, 0.6) is 0 Å². The Morgan fingerprint density at radius 1 is 1.35 bits per heavy atom. The lowest BCUT2D eigenvalue weighted by molar-refractivity contribution is 0.0996. The number of aromatic nitrogens is 2. The van der Waals surface area contributed by atoms with Gasteiger partial charge in [0.15, 0.2) is 0 Å². The number of piperidine rings is 1. The minimum absolute atomic E-state index is 0.115. The summed E-state index contributed by atoms with van der Waals surface area (Å²) in [7, 11) is 0. The number of nitrogens with two attached hydrogens (primary N) is 1. The van der Waals surface area contributed by atoms with Gasteiger partial charge in [-0.15, -0.1) is 0 Å². The van der Waals surface area contributed by atoms with Crippen LogP contribution in [0, 0.1) is 5.82 Å². The molecule has 1 atom stereocenters. The summed E-state index contributed by atoms with van der Waals surface area (Å²) in [5.74, 6) is -1.57. The maximum atomic E-state index is 13.6. The lowest BCUT2D eigenvalue weighted by Gasteiger charge is -2.35. The molecule has 7 nitrogen and oxygen atoms in total. The highest BCUT2D eigenvalue weighted by molar-refractivity contribution is 5.96. The molecule has 0 radical (unpaired) electrons. The third kappa shape index (κ3) is 4.19. The largest absolute Gasteiger partial charge is 0.366 e. The van der Waals surface area contributed by atoms with Gasteiger partial charge in [0, 0.05) is 37.2 Å². The van der Waals surface area contributed by atoms with Crippen LogP contribution >= 0.6 is 0 Å². The van der Waals surface area contributed by atoms with Gasteiger partial charge in [0.2, 0.25) is 0 Å². The number of nitrogens with zero attached hydrogens (tertiary/aromatic N) is 3. The predicted octanol–water partition coefficient (Wildman–Crippen LogP) is 2.60. The highest BCUT2D eigenvalue weighted by atomic mass is 19.1. The van der Waals surface area contributed by atoms with Crippen LogP contribution in [-0.4, -0.2) is 39.2 Å². The maximum absolute atomic E-state index is 13.6. The molecule has 2 aromatic rings. The molecule has 3 amide bonds. The fraction of sp³-hybridized carbons (Fsp3) is 0.389. The fourth-order valence-corrected chi connectivity index (χ4v) is 3.27. The first-order valence-corrected chi connectivity index (χ1v) is 8.69. The van der Waals surface area contributed by atoms with Crippen molar-refractivity contribution in [1.29, 1.82) is 0 Å². The predicted molar refractivity (Wildman–Crippen MR) is 95.1 cm³/mol. The third-order valence-corrected chi connectivity index (χ3v) is 4.62. The number of carbonyl (C=O) groups excluding carboxylic acids is 2. The molecule has 1 unspecified atom stereocenters. The summed E-state index contributed by atoms with van der Waals surface area (Å²) in [5.41, 5.74) is 5.26. The first kappa shape index (κ1) is 17.9. The van der Waals surface area contributed by atoms with Crippen molar-refractivity contribution in [2.24, 2.45) is 5.73 Å². The first-order valence-electron chi connectivity index (χ1n) is 8.69. The van der Waals surface area contributed by atoms with Crippen LogP contribution in [0.4, 0.5) is 14.9 Å². The van der Waals surface area contributed by atoms with Gasteiger partial charge >= 0.3 is 6.03 Å². The van der Waals surface area contributed by atoms with Gasteiger partial charge in [0.1, 0.15) is 5.82 Å². The summed E-state index contributed by atoms with van der Waals surface area (Å²) in [6.45, 7) is 1.41. The van der Waals surface area contributed by atoms with E-state index >= 15 is 0 Å². The number of urea groups is 1. The summed E-state index contributed by atoms with van der Waals surface area (Å²) >= 11 is 0. The minimum Gasteiger partial charge on any atom is -0.366 e. The van der Waals surface area contributed by atoms with Crippen LogP contribution in [0.3, 0.4) is 0 Å². The van der Waals surface area contributed by atoms with Crippen LogP contribution in [0.15, 0.2) is 36.7 Å². The monoisotopic (exact) mass is 359 g/mol. The van der Waals surface area contributed by atoms with E-state index in [-0.39, 0.29) is 17.6 Å². The molecule has 0 saturated carbocycles. The summed E-state index contributed by atoms with van der Waals surface area (Å²) in [5, 5.41) is 6.94. The molecule has 3 N–H and O–H groups in total. The van der Waals surface area contributed by atoms with E-state index in [0.717, 1.165) is 38.3 Å². The quantitative estimate of drug-likeness (QED) is 0.859. The van der Waals surface area contributed by atoms with Crippen molar-refractivity contribution in [2.75, 3.05) is 11.9 Å². The van der Waals surface area contributed by atoms with E-state index in [4.69, 9.17) is 5.73 Å². The van der Waals surface area contributed by atoms with E-state index in [0.29, 0.717) is 12.2 Å².